The molecule has 1 aromatic carbocycles. The van der Waals surface area contributed by atoms with Gasteiger partial charge in [0.25, 0.3) is 0 Å². The van der Waals surface area contributed by atoms with Crippen LogP contribution in [0.2, 0.25) is 0 Å². The lowest BCUT2D eigenvalue weighted by Gasteiger charge is -2.27. The first-order valence-electron chi connectivity index (χ1n) is 12.0. The zero-order valence-corrected chi connectivity index (χ0v) is 19.2. The lowest BCUT2D eigenvalue weighted by Crippen LogP contribution is -2.33. The predicted octanol–water partition coefficient (Wildman–Crippen LogP) is 9.01. The normalized spacial score (nSPS) is 26.0. The molecular formula is C25H35F7O. The third kappa shape index (κ3) is 9.01. The van der Waals surface area contributed by atoms with Gasteiger partial charge in [-0.25, -0.2) is 8.78 Å². The summed E-state index contributed by atoms with van der Waals surface area (Å²) in [4.78, 5) is 0. The second-order valence-corrected chi connectivity index (χ2v) is 9.26. The summed E-state index contributed by atoms with van der Waals surface area (Å²) < 4.78 is 92.0. The lowest BCUT2D eigenvalue weighted by atomic mass is 9.79. The van der Waals surface area contributed by atoms with Crippen molar-refractivity contribution in [3.63, 3.8) is 0 Å². The molecule has 0 aliphatic heterocycles. The van der Waals surface area contributed by atoms with E-state index in [1.807, 2.05) is 0 Å². The highest BCUT2D eigenvalue weighted by Crippen LogP contribution is 2.37. The molecule has 2 fully saturated rings. The summed E-state index contributed by atoms with van der Waals surface area (Å²) in [7, 11) is 0. The van der Waals surface area contributed by atoms with Crippen LogP contribution in [0, 0.1) is 17.7 Å². The monoisotopic (exact) mass is 484 g/mol. The third-order valence-electron chi connectivity index (χ3n) is 6.76. The number of rotatable bonds is 8. The van der Waals surface area contributed by atoms with Crippen molar-refractivity contribution in [2.45, 2.75) is 102 Å². The summed E-state index contributed by atoms with van der Waals surface area (Å²) in [6, 6.07) is 3.24. The first kappa shape index (κ1) is 27.8. The smallest absolute Gasteiger partial charge is 0.425 e. The second kappa shape index (κ2) is 13.4. The van der Waals surface area contributed by atoms with Crippen molar-refractivity contribution in [2.75, 3.05) is 6.67 Å². The molecule has 33 heavy (non-hydrogen) atoms. The molecule has 1 aromatic rings. The van der Waals surface area contributed by atoms with Gasteiger partial charge in [0.2, 0.25) is 0 Å². The first-order valence-corrected chi connectivity index (χ1v) is 12.0. The third-order valence-corrected chi connectivity index (χ3v) is 6.76. The SMILES string of the molecule is CCCC1CCC(CCF)CC1.Fc1cc(C2CCC(F)CC2)ccc1OC(F)(F)C(F)F. The van der Waals surface area contributed by atoms with Gasteiger partial charge >= 0.3 is 12.5 Å². The Kier molecular flexibility index (Phi) is 11.3. The van der Waals surface area contributed by atoms with Gasteiger partial charge in [-0.2, -0.15) is 17.6 Å². The van der Waals surface area contributed by atoms with Crippen LogP contribution in [0.4, 0.5) is 30.7 Å². The molecule has 0 saturated heterocycles. The van der Waals surface area contributed by atoms with Gasteiger partial charge in [0.1, 0.15) is 6.17 Å². The van der Waals surface area contributed by atoms with Crippen LogP contribution in [-0.4, -0.2) is 25.4 Å². The van der Waals surface area contributed by atoms with Crippen molar-refractivity contribution in [1.29, 1.82) is 0 Å². The maximum absolute atomic E-state index is 13.7. The zero-order valence-electron chi connectivity index (χ0n) is 19.2. The van der Waals surface area contributed by atoms with Gasteiger partial charge in [-0.05, 0) is 67.6 Å². The molecular weight excluding hydrogens is 449 g/mol. The predicted molar refractivity (Wildman–Crippen MR) is 115 cm³/mol. The maximum atomic E-state index is 13.7. The lowest BCUT2D eigenvalue weighted by molar-refractivity contribution is -0.254. The molecule has 2 aliphatic carbocycles. The molecule has 0 radical (unpaired) electrons. The van der Waals surface area contributed by atoms with Crippen LogP contribution in [0.25, 0.3) is 0 Å². The molecule has 0 N–H and O–H groups in total. The van der Waals surface area contributed by atoms with Crippen LogP contribution in [0.15, 0.2) is 18.2 Å². The summed E-state index contributed by atoms with van der Waals surface area (Å²) in [5, 5.41) is 0. The van der Waals surface area contributed by atoms with E-state index in [-0.39, 0.29) is 12.6 Å². The Bertz CT molecular complexity index is 667. The molecule has 1 nitrogen and oxygen atoms in total. The average molecular weight is 485 g/mol. The molecule has 0 amide bonds. The molecule has 0 aromatic heterocycles. The van der Waals surface area contributed by atoms with Crippen LogP contribution in [0.5, 0.6) is 5.75 Å². The van der Waals surface area contributed by atoms with E-state index in [1.54, 1.807) is 0 Å². The summed E-state index contributed by atoms with van der Waals surface area (Å²) >= 11 is 0. The van der Waals surface area contributed by atoms with E-state index in [9.17, 15) is 30.7 Å². The fourth-order valence-corrected chi connectivity index (χ4v) is 4.80. The van der Waals surface area contributed by atoms with Crippen molar-refractivity contribution in [2.24, 2.45) is 11.8 Å². The number of hydrogen-bond acceptors (Lipinski definition) is 1. The summed E-state index contributed by atoms with van der Waals surface area (Å²) in [6.07, 6.45) is 0.980. The first-order chi connectivity index (χ1) is 15.7. The van der Waals surface area contributed by atoms with Crippen molar-refractivity contribution in [3.05, 3.63) is 29.6 Å². The highest BCUT2D eigenvalue weighted by molar-refractivity contribution is 5.32. The Morgan fingerprint density at radius 3 is 2.00 bits per heavy atom. The molecule has 190 valence electrons. The molecule has 2 saturated carbocycles. The summed E-state index contributed by atoms with van der Waals surface area (Å²) in [6.45, 7) is 2.15. The second-order valence-electron chi connectivity index (χ2n) is 9.26. The Balaban J connectivity index is 0.000000273. The van der Waals surface area contributed by atoms with E-state index >= 15 is 0 Å². The number of hydrogen-bond donors (Lipinski definition) is 0. The van der Waals surface area contributed by atoms with Crippen LogP contribution >= 0.6 is 0 Å². The highest BCUT2D eigenvalue weighted by Gasteiger charge is 2.44. The number of halogens is 7. The summed E-state index contributed by atoms with van der Waals surface area (Å²) in [5.74, 6) is -0.441. The molecule has 2 aliphatic rings. The zero-order chi connectivity index (χ0) is 24.4. The van der Waals surface area contributed by atoms with Crippen molar-refractivity contribution < 1.29 is 35.5 Å². The van der Waals surface area contributed by atoms with E-state index in [2.05, 4.69) is 11.7 Å². The van der Waals surface area contributed by atoms with Crippen molar-refractivity contribution >= 4 is 0 Å². The van der Waals surface area contributed by atoms with Gasteiger partial charge in [0, 0.05) is 0 Å². The molecule has 0 unspecified atom stereocenters. The van der Waals surface area contributed by atoms with Gasteiger partial charge < -0.3 is 4.74 Å². The van der Waals surface area contributed by atoms with E-state index in [4.69, 9.17) is 0 Å². The van der Waals surface area contributed by atoms with Gasteiger partial charge in [0.15, 0.2) is 11.6 Å². The molecule has 0 atom stereocenters. The highest BCUT2D eigenvalue weighted by atomic mass is 19.3. The Labute approximate surface area is 192 Å². The van der Waals surface area contributed by atoms with E-state index in [1.165, 1.54) is 44.6 Å². The van der Waals surface area contributed by atoms with Crippen LogP contribution < -0.4 is 4.74 Å². The summed E-state index contributed by atoms with van der Waals surface area (Å²) in [5.41, 5.74) is 0.534. The standard InChI is InChI=1S/C14H14F6O.C11H21F/c15-10-4-1-8(2-5-10)9-3-6-12(11(16)7-9)21-14(19,20)13(17)18;1-2-3-10-4-6-11(7-5-10)8-9-12/h3,6-8,10,13H,1-2,4-5H2;10-11H,2-9H2,1H3. The van der Waals surface area contributed by atoms with Crippen LogP contribution in [0.3, 0.4) is 0 Å². The Hall–Kier alpha value is -1.47. The van der Waals surface area contributed by atoms with Gasteiger partial charge in [-0.3, -0.25) is 4.39 Å². The van der Waals surface area contributed by atoms with Crippen molar-refractivity contribution in [1.82, 2.24) is 0 Å². The number of ether oxygens (including phenoxy) is 1. The average Bonchev–Trinajstić information content (AvgIpc) is 2.78. The Morgan fingerprint density at radius 1 is 0.939 bits per heavy atom. The number of benzene rings is 1. The molecule has 0 spiro atoms. The topological polar surface area (TPSA) is 9.23 Å². The molecule has 0 bridgehead atoms. The quantitative estimate of drug-likeness (QED) is 0.335. The van der Waals surface area contributed by atoms with Crippen molar-refractivity contribution in [3.8, 4) is 5.75 Å². The van der Waals surface area contributed by atoms with Gasteiger partial charge in [0.05, 0.1) is 6.67 Å². The van der Waals surface area contributed by atoms with E-state index in [0.717, 1.165) is 24.5 Å². The minimum atomic E-state index is -4.74. The van der Waals surface area contributed by atoms with Gasteiger partial charge in [-0.1, -0.05) is 51.5 Å². The molecule has 8 heteroatoms. The van der Waals surface area contributed by atoms with E-state index < -0.39 is 30.3 Å². The number of alkyl halides is 6. The van der Waals surface area contributed by atoms with Crippen LogP contribution in [-0.2, 0) is 0 Å². The minimum Gasteiger partial charge on any atom is -0.425 e. The van der Waals surface area contributed by atoms with Gasteiger partial charge in [-0.15, -0.1) is 0 Å². The maximum Gasteiger partial charge on any atom is 0.461 e. The fourth-order valence-electron chi connectivity index (χ4n) is 4.80. The largest absolute Gasteiger partial charge is 0.461 e. The van der Waals surface area contributed by atoms with Crippen LogP contribution in [0.1, 0.15) is 89.0 Å². The molecule has 0 heterocycles. The fraction of sp³-hybridized carbons (Fsp3) is 0.760. The molecule has 3 rings (SSSR count). The Morgan fingerprint density at radius 2 is 1.52 bits per heavy atom. The minimum absolute atomic E-state index is 0.0591. The van der Waals surface area contributed by atoms with E-state index in [0.29, 0.717) is 37.2 Å².